The highest BCUT2D eigenvalue weighted by atomic mass is 16.3. The number of oxazole rings is 1. The van der Waals surface area contributed by atoms with Crippen molar-refractivity contribution in [3.63, 3.8) is 0 Å². The first-order valence-corrected chi connectivity index (χ1v) is 7.82. The van der Waals surface area contributed by atoms with Crippen LogP contribution >= 0.6 is 0 Å². The number of amides is 1. The summed E-state index contributed by atoms with van der Waals surface area (Å²) in [6.45, 7) is 6.69. The number of benzene rings is 1. The molecule has 5 heteroatoms. The van der Waals surface area contributed by atoms with E-state index in [1.807, 2.05) is 45.0 Å². The van der Waals surface area contributed by atoms with Crippen molar-refractivity contribution in [2.24, 2.45) is 5.41 Å². The van der Waals surface area contributed by atoms with E-state index in [-0.39, 0.29) is 17.9 Å². The molecule has 0 saturated heterocycles. The number of aliphatic hydroxyl groups is 1. The van der Waals surface area contributed by atoms with Gasteiger partial charge in [0.05, 0.1) is 0 Å². The van der Waals surface area contributed by atoms with Gasteiger partial charge in [0.2, 0.25) is 0 Å². The van der Waals surface area contributed by atoms with Crippen LogP contribution in [0.5, 0.6) is 0 Å². The van der Waals surface area contributed by atoms with Crippen LogP contribution < -0.4 is 5.32 Å². The van der Waals surface area contributed by atoms with Crippen LogP contribution in [0.4, 0.5) is 0 Å². The third-order valence-corrected chi connectivity index (χ3v) is 3.84. The fraction of sp³-hybridized carbons (Fsp3) is 0.444. The van der Waals surface area contributed by atoms with Gasteiger partial charge in [0.1, 0.15) is 0 Å². The Morgan fingerprint density at radius 3 is 2.65 bits per heavy atom. The van der Waals surface area contributed by atoms with E-state index in [0.717, 1.165) is 24.0 Å². The minimum absolute atomic E-state index is 0.119. The maximum absolute atomic E-state index is 12.3. The Balaban J connectivity index is 1.96. The van der Waals surface area contributed by atoms with Gasteiger partial charge in [-0.25, -0.2) is 4.98 Å². The van der Waals surface area contributed by atoms with Gasteiger partial charge in [0.15, 0.2) is 17.8 Å². The van der Waals surface area contributed by atoms with Crippen LogP contribution in [0.3, 0.4) is 0 Å². The number of carbonyl (C=O) groups is 1. The molecule has 1 amide bonds. The average Bonchev–Trinajstić information content (AvgIpc) is 3.02. The molecule has 0 saturated carbocycles. The number of rotatable bonds is 7. The monoisotopic (exact) mass is 316 g/mol. The lowest BCUT2D eigenvalue weighted by molar-refractivity contribution is 0.0944. The van der Waals surface area contributed by atoms with E-state index in [1.165, 1.54) is 6.39 Å². The SMILES string of the molecule is Cc1ccc(-c2ocnc2C(=O)NCCCC(C)(C)CO)cc1. The lowest BCUT2D eigenvalue weighted by Gasteiger charge is -2.21. The molecular weight excluding hydrogens is 292 g/mol. The lowest BCUT2D eigenvalue weighted by Crippen LogP contribution is -2.27. The van der Waals surface area contributed by atoms with Crippen molar-refractivity contribution >= 4 is 5.91 Å². The molecule has 5 nitrogen and oxygen atoms in total. The fourth-order valence-corrected chi connectivity index (χ4v) is 2.25. The van der Waals surface area contributed by atoms with E-state index in [1.54, 1.807) is 0 Å². The summed E-state index contributed by atoms with van der Waals surface area (Å²) < 4.78 is 5.38. The Morgan fingerprint density at radius 1 is 1.30 bits per heavy atom. The smallest absolute Gasteiger partial charge is 0.273 e. The molecular formula is C18H24N2O3. The molecule has 0 bridgehead atoms. The quantitative estimate of drug-likeness (QED) is 0.769. The first-order chi connectivity index (χ1) is 10.9. The summed E-state index contributed by atoms with van der Waals surface area (Å²) in [5, 5.41) is 12.1. The number of hydrogen-bond acceptors (Lipinski definition) is 4. The number of aliphatic hydroxyl groups excluding tert-OH is 1. The van der Waals surface area contributed by atoms with E-state index in [4.69, 9.17) is 4.42 Å². The maximum atomic E-state index is 12.3. The van der Waals surface area contributed by atoms with E-state index < -0.39 is 0 Å². The molecule has 1 aromatic carbocycles. The van der Waals surface area contributed by atoms with E-state index in [0.29, 0.717) is 18.0 Å². The minimum atomic E-state index is -0.240. The van der Waals surface area contributed by atoms with Gasteiger partial charge in [-0.1, -0.05) is 43.7 Å². The van der Waals surface area contributed by atoms with Gasteiger partial charge in [-0.15, -0.1) is 0 Å². The highest BCUT2D eigenvalue weighted by Gasteiger charge is 2.19. The normalized spacial score (nSPS) is 11.5. The van der Waals surface area contributed by atoms with Crippen LogP contribution in [-0.4, -0.2) is 29.1 Å². The summed E-state index contributed by atoms with van der Waals surface area (Å²) >= 11 is 0. The highest BCUT2D eigenvalue weighted by Crippen LogP contribution is 2.24. The van der Waals surface area contributed by atoms with Crippen molar-refractivity contribution in [1.29, 1.82) is 0 Å². The highest BCUT2D eigenvalue weighted by molar-refractivity contribution is 5.97. The van der Waals surface area contributed by atoms with Gasteiger partial charge < -0.3 is 14.8 Å². The van der Waals surface area contributed by atoms with Crippen LogP contribution in [0.2, 0.25) is 0 Å². The zero-order chi connectivity index (χ0) is 16.9. The summed E-state index contributed by atoms with van der Waals surface area (Å²) in [6.07, 6.45) is 2.93. The molecule has 23 heavy (non-hydrogen) atoms. The van der Waals surface area contributed by atoms with Gasteiger partial charge in [0.25, 0.3) is 5.91 Å². The van der Waals surface area contributed by atoms with Crippen LogP contribution in [0.25, 0.3) is 11.3 Å². The van der Waals surface area contributed by atoms with Crippen molar-refractivity contribution in [3.05, 3.63) is 41.9 Å². The van der Waals surface area contributed by atoms with Crippen molar-refractivity contribution in [3.8, 4) is 11.3 Å². The third kappa shape index (κ3) is 4.66. The lowest BCUT2D eigenvalue weighted by atomic mass is 9.89. The van der Waals surface area contributed by atoms with E-state index in [2.05, 4.69) is 10.3 Å². The Hall–Kier alpha value is -2.14. The summed E-state index contributed by atoms with van der Waals surface area (Å²) in [5.74, 6) is 0.245. The second-order valence-corrected chi connectivity index (χ2v) is 6.58. The first-order valence-electron chi connectivity index (χ1n) is 7.82. The molecule has 2 N–H and O–H groups in total. The Labute approximate surface area is 136 Å². The van der Waals surface area contributed by atoms with Gasteiger partial charge in [-0.2, -0.15) is 0 Å². The molecule has 124 valence electrons. The molecule has 0 radical (unpaired) electrons. The summed E-state index contributed by atoms with van der Waals surface area (Å²) in [5.41, 5.74) is 2.16. The Morgan fingerprint density at radius 2 is 2.00 bits per heavy atom. The van der Waals surface area contributed by atoms with Crippen LogP contribution in [0, 0.1) is 12.3 Å². The third-order valence-electron chi connectivity index (χ3n) is 3.84. The first kappa shape index (κ1) is 17.2. The van der Waals surface area contributed by atoms with Crippen molar-refractivity contribution in [1.82, 2.24) is 10.3 Å². The van der Waals surface area contributed by atoms with Crippen molar-refractivity contribution in [2.75, 3.05) is 13.2 Å². The molecule has 0 unspecified atom stereocenters. The molecule has 2 rings (SSSR count). The molecule has 0 atom stereocenters. The second kappa shape index (κ2) is 7.42. The van der Waals surface area contributed by atoms with Crippen LogP contribution in [0.15, 0.2) is 35.1 Å². The molecule has 0 fully saturated rings. The molecule has 0 aliphatic heterocycles. The van der Waals surface area contributed by atoms with Crippen LogP contribution in [-0.2, 0) is 0 Å². The molecule has 1 heterocycles. The summed E-state index contributed by atoms with van der Waals surface area (Å²) in [4.78, 5) is 16.3. The zero-order valence-corrected chi connectivity index (χ0v) is 13.9. The molecule has 0 aliphatic rings. The zero-order valence-electron chi connectivity index (χ0n) is 13.9. The predicted octanol–water partition coefficient (Wildman–Crippen LogP) is 3.18. The second-order valence-electron chi connectivity index (χ2n) is 6.58. The van der Waals surface area contributed by atoms with E-state index >= 15 is 0 Å². The molecule has 0 spiro atoms. The van der Waals surface area contributed by atoms with E-state index in [9.17, 15) is 9.90 Å². The van der Waals surface area contributed by atoms with Crippen molar-refractivity contribution < 1.29 is 14.3 Å². The topological polar surface area (TPSA) is 75.4 Å². The number of hydrogen-bond donors (Lipinski definition) is 2. The summed E-state index contributed by atoms with van der Waals surface area (Å²) in [6, 6.07) is 7.76. The van der Waals surface area contributed by atoms with Crippen LogP contribution in [0.1, 0.15) is 42.7 Å². The maximum Gasteiger partial charge on any atom is 0.273 e. The number of carbonyl (C=O) groups excluding carboxylic acids is 1. The molecule has 2 aromatic rings. The van der Waals surface area contributed by atoms with Gasteiger partial charge in [-0.05, 0) is 25.2 Å². The number of nitrogens with zero attached hydrogens (tertiary/aromatic N) is 1. The molecule has 1 aromatic heterocycles. The number of aryl methyl sites for hydroxylation is 1. The standard InChI is InChI=1S/C18H24N2O3/c1-13-5-7-14(8-6-13)16-15(20-12-23-16)17(22)19-10-4-9-18(2,3)11-21/h5-8,12,21H,4,9-11H2,1-3H3,(H,19,22). The number of nitrogens with one attached hydrogen (secondary N) is 1. The Bertz CT molecular complexity index is 645. The Kier molecular flexibility index (Phi) is 5.55. The number of aromatic nitrogens is 1. The predicted molar refractivity (Wildman–Crippen MR) is 89.1 cm³/mol. The van der Waals surface area contributed by atoms with Gasteiger partial charge in [0, 0.05) is 18.7 Å². The fourth-order valence-electron chi connectivity index (χ4n) is 2.25. The largest absolute Gasteiger partial charge is 0.443 e. The van der Waals surface area contributed by atoms with Gasteiger partial charge in [-0.3, -0.25) is 4.79 Å². The van der Waals surface area contributed by atoms with Crippen molar-refractivity contribution in [2.45, 2.75) is 33.6 Å². The van der Waals surface area contributed by atoms with Gasteiger partial charge >= 0.3 is 0 Å². The average molecular weight is 316 g/mol. The molecule has 0 aliphatic carbocycles. The summed E-state index contributed by atoms with van der Waals surface area (Å²) in [7, 11) is 0. The minimum Gasteiger partial charge on any atom is -0.443 e.